The molecule has 0 fully saturated rings. The summed E-state index contributed by atoms with van der Waals surface area (Å²) in [6.07, 6.45) is 4.51. The zero-order chi connectivity index (χ0) is 8.81. The first-order valence-corrected chi connectivity index (χ1v) is 4.52. The van der Waals surface area contributed by atoms with E-state index in [0.29, 0.717) is 0 Å². The van der Waals surface area contributed by atoms with Gasteiger partial charge >= 0.3 is 0 Å². The molecule has 0 aliphatic heterocycles. The van der Waals surface area contributed by atoms with Crippen LogP contribution in [-0.2, 0) is 6.42 Å². The van der Waals surface area contributed by atoms with E-state index >= 15 is 0 Å². The predicted molar refractivity (Wildman–Crippen MR) is 54.2 cm³/mol. The minimum atomic E-state index is 1.09. The summed E-state index contributed by atoms with van der Waals surface area (Å²) in [7, 11) is 0. The Bertz CT molecular complexity index is 244. The number of hydrogen-bond donors (Lipinski definition) is 0. The van der Waals surface area contributed by atoms with Gasteiger partial charge in [-0.15, -0.1) is 0 Å². The van der Waals surface area contributed by atoms with Gasteiger partial charge in [0.15, 0.2) is 0 Å². The molecule has 0 heteroatoms. The molecule has 1 rings (SSSR count). The van der Waals surface area contributed by atoms with E-state index in [0.717, 1.165) is 12.8 Å². The number of rotatable bonds is 3. The predicted octanol–water partition coefficient (Wildman–Crippen LogP) is 3.59. The fourth-order valence-corrected chi connectivity index (χ4v) is 1.34. The van der Waals surface area contributed by atoms with Gasteiger partial charge in [0.05, 0.1) is 0 Å². The summed E-state index contributed by atoms with van der Waals surface area (Å²) in [6.45, 7) is 4.37. The Morgan fingerprint density at radius 3 is 2.50 bits per heavy atom. The molecule has 0 bridgehead atoms. The van der Waals surface area contributed by atoms with E-state index in [-0.39, 0.29) is 0 Å². The van der Waals surface area contributed by atoms with E-state index in [1.165, 1.54) is 11.1 Å². The molecule has 64 valence electrons. The molecular formula is C12H16. The average molecular weight is 160 g/mol. The maximum Gasteiger partial charge on any atom is -0.00699 e. The van der Waals surface area contributed by atoms with Gasteiger partial charge in [0.1, 0.15) is 0 Å². The first-order valence-electron chi connectivity index (χ1n) is 4.52. The van der Waals surface area contributed by atoms with E-state index < -0.39 is 0 Å². The molecule has 1 aromatic rings. The Hall–Kier alpha value is -1.04. The summed E-state index contributed by atoms with van der Waals surface area (Å²) in [5.41, 5.74) is 2.86. The molecule has 0 saturated heterocycles. The molecule has 0 amide bonds. The van der Waals surface area contributed by atoms with Gasteiger partial charge in [-0.2, -0.15) is 0 Å². The van der Waals surface area contributed by atoms with Crippen molar-refractivity contribution < 1.29 is 0 Å². The summed E-state index contributed by atoms with van der Waals surface area (Å²) in [6, 6.07) is 10.6. The maximum atomic E-state index is 2.28. The molecule has 0 nitrogen and oxygen atoms in total. The van der Waals surface area contributed by atoms with Crippen LogP contribution in [0.15, 0.2) is 42.0 Å². The molecule has 0 radical (unpaired) electrons. The molecular weight excluding hydrogens is 144 g/mol. The van der Waals surface area contributed by atoms with Crippen LogP contribution >= 0.6 is 0 Å². The molecule has 0 heterocycles. The largest absolute Gasteiger partial charge is 0.0855 e. The van der Waals surface area contributed by atoms with Crippen molar-refractivity contribution in [3.05, 3.63) is 47.5 Å². The SMILES string of the molecule is CCC=C(C)Cc1ccccc1. The smallest absolute Gasteiger partial charge is 0.00699 e. The highest BCUT2D eigenvalue weighted by Gasteiger charge is 1.91. The van der Waals surface area contributed by atoms with Crippen molar-refractivity contribution in [1.29, 1.82) is 0 Å². The van der Waals surface area contributed by atoms with Crippen LogP contribution in [0.2, 0.25) is 0 Å². The lowest BCUT2D eigenvalue weighted by molar-refractivity contribution is 1.09. The standard InChI is InChI=1S/C12H16/c1-3-7-11(2)10-12-8-5-4-6-9-12/h4-9H,3,10H2,1-2H3. The first-order chi connectivity index (χ1) is 5.83. The molecule has 0 unspecified atom stereocenters. The van der Waals surface area contributed by atoms with Crippen LogP contribution < -0.4 is 0 Å². The van der Waals surface area contributed by atoms with Gasteiger partial charge in [-0.1, -0.05) is 48.9 Å². The van der Waals surface area contributed by atoms with Gasteiger partial charge < -0.3 is 0 Å². The topological polar surface area (TPSA) is 0 Å². The van der Waals surface area contributed by atoms with Crippen LogP contribution in [0.1, 0.15) is 25.8 Å². The van der Waals surface area contributed by atoms with Gasteiger partial charge in [-0.05, 0) is 25.3 Å². The number of allylic oxidation sites excluding steroid dienone is 2. The van der Waals surface area contributed by atoms with Crippen molar-refractivity contribution in [2.45, 2.75) is 26.7 Å². The zero-order valence-corrected chi connectivity index (χ0v) is 7.88. The number of benzene rings is 1. The Morgan fingerprint density at radius 2 is 1.92 bits per heavy atom. The molecule has 0 aromatic heterocycles. The highest BCUT2D eigenvalue weighted by molar-refractivity contribution is 5.20. The van der Waals surface area contributed by atoms with Gasteiger partial charge in [0, 0.05) is 0 Å². The van der Waals surface area contributed by atoms with Crippen molar-refractivity contribution in [3.63, 3.8) is 0 Å². The lowest BCUT2D eigenvalue weighted by atomic mass is 10.1. The van der Waals surface area contributed by atoms with Crippen LogP contribution in [0.4, 0.5) is 0 Å². The van der Waals surface area contributed by atoms with Crippen LogP contribution in [0.5, 0.6) is 0 Å². The monoisotopic (exact) mass is 160 g/mol. The highest BCUT2D eigenvalue weighted by atomic mass is 14.0. The second-order valence-electron chi connectivity index (χ2n) is 3.12. The maximum absolute atomic E-state index is 2.28. The Balaban J connectivity index is 2.58. The normalized spacial score (nSPS) is 11.7. The van der Waals surface area contributed by atoms with Crippen molar-refractivity contribution in [1.82, 2.24) is 0 Å². The quantitative estimate of drug-likeness (QED) is 0.593. The average Bonchev–Trinajstić information content (AvgIpc) is 2.06. The second kappa shape index (κ2) is 4.76. The van der Waals surface area contributed by atoms with Crippen LogP contribution in [-0.4, -0.2) is 0 Å². The molecule has 0 aliphatic carbocycles. The van der Waals surface area contributed by atoms with Crippen molar-refractivity contribution in [2.24, 2.45) is 0 Å². The third-order valence-electron chi connectivity index (χ3n) is 1.88. The Kier molecular flexibility index (Phi) is 3.59. The summed E-state index contributed by atoms with van der Waals surface area (Å²) >= 11 is 0. The summed E-state index contributed by atoms with van der Waals surface area (Å²) in [5, 5.41) is 0. The lowest BCUT2D eigenvalue weighted by Gasteiger charge is -2.00. The van der Waals surface area contributed by atoms with Gasteiger partial charge in [0.2, 0.25) is 0 Å². The molecule has 0 saturated carbocycles. The van der Waals surface area contributed by atoms with Crippen molar-refractivity contribution in [3.8, 4) is 0 Å². The van der Waals surface area contributed by atoms with Crippen molar-refractivity contribution in [2.75, 3.05) is 0 Å². The summed E-state index contributed by atoms with van der Waals surface area (Å²) in [4.78, 5) is 0. The minimum Gasteiger partial charge on any atom is -0.0855 e. The molecule has 0 spiro atoms. The minimum absolute atomic E-state index is 1.09. The Labute approximate surface area is 74.9 Å². The fourth-order valence-electron chi connectivity index (χ4n) is 1.34. The Morgan fingerprint density at radius 1 is 1.25 bits per heavy atom. The molecule has 1 aromatic carbocycles. The van der Waals surface area contributed by atoms with E-state index in [1.54, 1.807) is 0 Å². The summed E-state index contributed by atoms with van der Waals surface area (Å²) < 4.78 is 0. The molecule has 12 heavy (non-hydrogen) atoms. The second-order valence-corrected chi connectivity index (χ2v) is 3.12. The highest BCUT2D eigenvalue weighted by Crippen LogP contribution is 2.07. The van der Waals surface area contributed by atoms with Crippen molar-refractivity contribution >= 4 is 0 Å². The van der Waals surface area contributed by atoms with E-state index in [4.69, 9.17) is 0 Å². The first kappa shape index (κ1) is 9.05. The zero-order valence-electron chi connectivity index (χ0n) is 7.88. The van der Waals surface area contributed by atoms with E-state index in [2.05, 4.69) is 50.3 Å². The van der Waals surface area contributed by atoms with Gasteiger partial charge in [0.25, 0.3) is 0 Å². The molecule has 0 N–H and O–H groups in total. The fraction of sp³-hybridized carbons (Fsp3) is 0.333. The van der Waals surface area contributed by atoms with Gasteiger partial charge in [-0.25, -0.2) is 0 Å². The summed E-state index contributed by atoms with van der Waals surface area (Å²) in [5.74, 6) is 0. The third-order valence-corrected chi connectivity index (χ3v) is 1.88. The van der Waals surface area contributed by atoms with Crippen LogP contribution in [0, 0.1) is 0 Å². The number of hydrogen-bond acceptors (Lipinski definition) is 0. The van der Waals surface area contributed by atoms with Crippen LogP contribution in [0.3, 0.4) is 0 Å². The van der Waals surface area contributed by atoms with E-state index in [9.17, 15) is 0 Å². The van der Waals surface area contributed by atoms with Crippen LogP contribution in [0.25, 0.3) is 0 Å². The molecule has 0 aliphatic rings. The molecule has 0 atom stereocenters. The lowest BCUT2D eigenvalue weighted by Crippen LogP contribution is -1.85. The van der Waals surface area contributed by atoms with E-state index in [1.807, 2.05) is 0 Å². The third kappa shape index (κ3) is 2.91. The van der Waals surface area contributed by atoms with Gasteiger partial charge in [-0.3, -0.25) is 0 Å².